The van der Waals surface area contributed by atoms with E-state index >= 15 is 0 Å². The first-order valence-electron chi connectivity index (χ1n) is 5.32. The summed E-state index contributed by atoms with van der Waals surface area (Å²) in [6, 6.07) is 5.94. The van der Waals surface area contributed by atoms with E-state index in [1.54, 1.807) is 22.4 Å². The lowest BCUT2D eigenvalue weighted by molar-refractivity contribution is -0.112. The number of hydrazine groups is 1. The number of carbonyl (C=O) groups is 1. The highest BCUT2D eigenvalue weighted by Crippen LogP contribution is 2.43. The third-order valence-corrected chi connectivity index (χ3v) is 4.60. The summed E-state index contributed by atoms with van der Waals surface area (Å²) < 4.78 is 2.08. The molecule has 0 atom stereocenters. The number of hydrogen-bond donors (Lipinski definition) is 2. The molecule has 2 aromatic rings. The summed E-state index contributed by atoms with van der Waals surface area (Å²) in [6.45, 7) is 0.499. The maximum atomic E-state index is 11.5. The minimum atomic E-state index is -0.410. The van der Waals surface area contributed by atoms with Crippen molar-refractivity contribution in [2.75, 3.05) is 11.6 Å². The molecule has 4 N–H and O–H groups in total. The van der Waals surface area contributed by atoms with Crippen LogP contribution in [0.1, 0.15) is 5.56 Å². The Morgan fingerprint density at radius 1 is 1.44 bits per heavy atom. The van der Waals surface area contributed by atoms with Gasteiger partial charge in [-0.3, -0.25) is 9.80 Å². The molecule has 0 saturated heterocycles. The van der Waals surface area contributed by atoms with Gasteiger partial charge in [0.25, 0.3) is 0 Å². The standard InChI is InChI=1S/C12H10BrN3OS/c13-6-1-2-7-9(5-6)18-12-10(7)8(11(14)17)3-4-16(12)15/h1-3,5H,4,15H2,(H2,14,17). The molecule has 18 heavy (non-hydrogen) atoms. The van der Waals surface area contributed by atoms with Gasteiger partial charge < -0.3 is 5.73 Å². The van der Waals surface area contributed by atoms with Gasteiger partial charge in [0.05, 0.1) is 6.54 Å². The number of nitrogens with zero attached hydrogens (tertiary/aromatic N) is 1. The Morgan fingerprint density at radius 3 is 2.94 bits per heavy atom. The Kier molecular flexibility index (Phi) is 2.65. The predicted octanol–water partition coefficient (Wildman–Crippen LogP) is 2.23. The molecular formula is C12H10BrN3OS. The van der Waals surface area contributed by atoms with Gasteiger partial charge in [-0.2, -0.15) is 0 Å². The summed E-state index contributed by atoms with van der Waals surface area (Å²) in [6.07, 6.45) is 1.78. The quantitative estimate of drug-likeness (QED) is 0.790. The zero-order valence-corrected chi connectivity index (χ0v) is 11.7. The Balaban J connectivity index is 2.35. The number of hydrogen-bond acceptors (Lipinski definition) is 4. The molecule has 0 spiro atoms. The van der Waals surface area contributed by atoms with E-state index in [1.165, 1.54) is 0 Å². The van der Waals surface area contributed by atoms with Crippen molar-refractivity contribution in [1.29, 1.82) is 0 Å². The fraction of sp³-hybridized carbons (Fsp3) is 0.0833. The highest BCUT2D eigenvalue weighted by atomic mass is 79.9. The molecule has 92 valence electrons. The topological polar surface area (TPSA) is 72.4 Å². The van der Waals surface area contributed by atoms with Crippen LogP contribution in [0.25, 0.3) is 15.7 Å². The largest absolute Gasteiger partial charge is 0.366 e. The number of amides is 1. The van der Waals surface area contributed by atoms with Crippen molar-refractivity contribution in [1.82, 2.24) is 0 Å². The average Bonchev–Trinajstić information content (AvgIpc) is 2.68. The summed E-state index contributed by atoms with van der Waals surface area (Å²) in [4.78, 5) is 11.5. The third kappa shape index (κ3) is 1.65. The maximum Gasteiger partial charge on any atom is 0.249 e. The molecule has 1 amide bonds. The van der Waals surface area contributed by atoms with E-state index in [4.69, 9.17) is 11.6 Å². The lowest BCUT2D eigenvalue weighted by Gasteiger charge is -2.22. The van der Waals surface area contributed by atoms with Crippen molar-refractivity contribution in [2.24, 2.45) is 11.6 Å². The summed E-state index contributed by atoms with van der Waals surface area (Å²) in [5, 5.41) is 3.54. The number of nitrogens with two attached hydrogens (primary N) is 2. The van der Waals surface area contributed by atoms with Crippen molar-refractivity contribution >= 4 is 53.8 Å². The predicted molar refractivity (Wildman–Crippen MR) is 78.2 cm³/mol. The van der Waals surface area contributed by atoms with Crippen molar-refractivity contribution in [3.05, 3.63) is 34.3 Å². The molecule has 0 radical (unpaired) electrons. The van der Waals surface area contributed by atoms with E-state index in [9.17, 15) is 4.79 Å². The first kappa shape index (κ1) is 11.7. The van der Waals surface area contributed by atoms with E-state index in [0.717, 1.165) is 25.1 Å². The first-order chi connectivity index (χ1) is 8.58. The Morgan fingerprint density at radius 2 is 2.22 bits per heavy atom. The smallest absolute Gasteiger partial charge is 0.249 e. The first-order valence-corrected chi connectivity index (χ1v) is 6.93. The fourth-order valence-electron chi connectivity index (χ4n) is 2.12. The number of thiophene rings is 1. The molecule has 0 aliphatic carbocycles. The van der Waals surface area contributed by atoms with Crippen LogP contribution in [0.2, 0.25) is 0 Å². The molecule has 0 bridgehead atoms. The van der Waals surface area contributed by atoms with E-state index < -0.39 is 5.91 Å². The third-order valence-electron chi connectivity index (χ3n) is 2.92. The zero-order valence-electron chi connectivity index (χ0n) is 9.31. The van der Waals surface area contributed by atoms with Crippen LogP contribution in [0.5, 0.6) is 0 Å². The van der Waals surface area contributed by atoms with E-state index in [1.807, 2.05) is 18.2 Å². The average molecular weight is 324 g/mol. The van der Waals surface area contributed by atoms with Crippen LogP contribution in [0.4, 0.5) is 5.00 Å². The fourth-order valence-corrected chi connectivity index (χ4v) is 3.82. The molecule has 1 aromatic heterocycles. The van der Waals surface area contributed by atoms with E-state index in [-0.39, 0.29) is 0 Å². The summed E-state index contributed by atoms with van der Waals surface area (Å²) in [5.74, 6) is 5.54. The Bertz CT molecular complexity index is 692. The van der Waals surface area contributed by atoms with Gasteiger partial charge in [-0.25, -0.2) is 5.84 Å². The number of anilines is 1. The van der Waals surface area contributed by atoms with Crippen LogP contribution in [-0.2, 0) is 4.79 Å². The SMILES string of the molecule is NC(=O)C1=CCN(N)c2sc3cc(Br)ccc3c21. The number of halogens is 1. The second-order valence-electron chi connectivity index (χ2n) is 4.06. The van der Waals surface area contributed by atoms with Crippen LogP contribution in [0, 0.1) is 0 Å². The van der Waals surface area contributed by atoms with Crippen LogP contribution >= 0.6 is 27.3 Å². The van der Waals surface area contributed by atoms with Gasteiger partial charge >= 0.3 is 0 Å². The Labute approximate surface area is 116 Å². The second kappa shape index (κ2) is 4.08. The van der Waals surface area contributed by atoms with Gasteiger partial charge in [-0.1, -0.05) is 28.1 Å². The van der Waals surface area contributed by atoms with Crippen molar-refractivity contribution in [2.45, 2.75) is 0 Å². The number of rotatable bonds is 1. The van der Waals surface area contributed by atoms with Crippen LogP contribution < -0.4 is 16.6 Å². The van der Waals surface area contributed by atoms with Crippen LogP contribution in [0.15, 0.2) is 28.7 Å². The highest BCUT2D eigenvalue weighted by Gasteiger charge is 2.25. The molecule has 0 unspecified atom stereocenters. The van der Waals surface area contributed by atoms with Crippen molar-refractivity contribution < 1.29 is 4.79 Å². The molecule has 3 rings (SSSR count). The van der Waals surface area contributed by atoms with E-state index in [0.29, 0.717) is 12.1 Å². The van der Waals surface area contributed by atoms with Crippen LogP contribution in [-0.4, -0.2) is 12.5 Å². The van der Waals surface area contributed by atoms with Gasteiger partial charge in [0.1, 0.15) is 5.00 Å². The Hall–Kier alpha value is -1.37. The number of carbonyl (C=O) groups excluding carboxylic acids is 1. The van der Waals surface area contributed by atoms with Crippen molar-refractivity contribution in [3.8, 4) is 0 Å². The van der Waals surface area contributed by atoms with Gasteiger partial charge in [-0.05, 0) is 12.1 Å². The minimum Gasteiger partial charge on any atom is -0.366 e. The molecule has 4 nitrogen and oxygen atoms in total. The van der Waals surface area contributed by atoms with Gasteiger partial charge in [0, 0.05) is 25.7 Å². The zero-order chi connectivity index (χ0) is 12.9. The summed E-state index contributed by atoms with van der Waals surface area (Å²) >= 11 is 5.01. The van der Waals surface area contributed by atoms with Gasteiger partial charge in [0.2, 0.25) is 5.91 Å². The van der Waals surface area contributed by atoms with Gasteiger partial charge in [0.15, 0.2) is 0 Å². The number of primary amides is 1. The number of benzene rings is 1. The molecule has 1 aromatic carbocycles. The molecule has 1 aliphatic heterocycles. The normalized spacial score (nSPS) is 14.6. The second-order valence-corrected chi connectivity index (χ2v) is 6.00. The monoisotopic (exact) mass is 323 g/mol. The van der Waals surface area contributed by atoms with E-state index in [2.05, 4.69) is 15.9 Å². The highest BCUT2D eigenvalue weighted by molar-refractivity contribution is 9.10. The summed E-state index contributed by atoms with van der Waals surface area (Å²) in [7, 11) is 0. The molecule has 0 saturated carbocycles. The molecule has 1 aliphatic rings. The molecule has 6 heteroatoms. The van der Waals surface area contributed by atoms with Crippen molar-refractivity contribution in [3.63, 3.8) is 0 Å². The lowest BCUT2D eigenvalue weighted by Crippen LogP contribution is -2.34. The minimum absolute atomic E-state index is 0.410. The molecule has 0 fully saturated rings. The summed E-state index contributed by atoms with van der Waals surface area (Å²) in [5.41, 5.74) is 6.84. The van der Waals surface area contributed by atoms with Crippen LogP contribution in [0.3, 0.4) is 0 Å². The number of fused-ring (bicyclic) bond motifs is 3. The maximum absolute atomic E-state index is 11.5. The van der Waals surface area contributed by atoms with Gasteiger partial charge in [-0.15, -0.1) is 11.3 Å². The molecular weight excluding hydrogens is 314 g/mol. The molecule has 2 heterocycles. The lowest BCUT2D eigenvalue weighted by atomic mass is 10.0.